The minimum Gasteiger partial charge on any atom is -0.444 e. The second-order valence-corrected chi connectivity index (χ2v) is 7.35. The molecule has 2 aromatic rings. The lowest BCUT2D eigenvalue weighted by molar-refractivity contribution is 0.0475. The van der Waals surface area contributed by atoms with Crippen LogP contribution in [0.15, 0.2) is 21.7 Å². The number of aliphatic hydroxyl groups is 1. The number of rotatable bonds is 4. The summed E-state index contributed by atoms with van der Waals surface area (Å²) in [6.07, 6.45) is -0.703. The molecule has 0 radical (unpaired) electrons. The van der Waals surface area contributed by atoms with Crippen molar-refractivity contribution in [3.8, 4) is 0 Å². The highest BCUT2D eigenvalue weighted by atomic mass is 16.6. The van der Waals surface area contributed by atoms with E-state index in [1.807, 2.05) is 13.8 Å². The number of aliphatic hydroxyl groups excluding tert-OH is 1. The lowest BCUT2D eigenvalue weighted by atomic mass is 10.1. The molecule has 0 aliphatic rings. The number of hydrogen-bond acceptors (Lipinski definition) is 5. The highest BCUT2D eigenvalue weighted by Crippen LogP contribution is 2.16. The zero-order valence-electron chi connectivity index (χ0n) is 15.7. The molecule has 0 saturated heterocycles. The second-order valence-electron chi connectivity index (χ2n) is 7.35. The number of nitrogens with one attached hydrogen (secondary N) is 2. The number of carbonyl (C=O) groups is 1. The summed E-state index contributed by atoms with van der Waals surface area (Å²) < 4.78 is 6.43. The maximum atomic E-state index is 12.3. The quantitative estimate of drug-likeness (QED) is 0.706. The van der Waals surface area contributed by atoms with Crippen molar-refractivity contribution >= 4 is 17.1 Å². The molecule has 8 nitrogen and oxygen atoms in total. The summed E-state index contributed by atoms with van der Waals surface area (Å²) in [7, 11) is 0. The smallest absolute Gasteiger partial charge is 0.408 e. The predicted molar refractivity (Wildman–Crippen MR) is 98.5 cm³/mol. The highest BCUT2D eigenvalue weighted by molar-refractivity contribution is 5.76. The van der Waals surface area contributed by atoms with Crippen molar-refractivity contribution in [1.29, 1.82) is 0 Å². The molecular weight excluding hydrogens is 338 g/mol. The summed E-state index contributed by atoms with van der Waals surface area (Å²) in [4.78, 5) is 38.8. The van der Waals surface area contributed by atoms with Crippen LogP contribution in [0.25, 0.3) is 11.0 Å². The van der Waals surface area contributed by atoms with Crippen molar-refractivity contribution in [3.63, 3.8) is 0 Å². The van der Waals surface area contributed by atoms with Crippen LogP contribution >= 0.6 is 0 Å². The number of aromatic amines is 1. The molecule has 2 rings (SSSR count). The normalized spacial score (nSPS) is 12.8. The van der Waals surface area contributed by atoms with Gasteiger partial charge in [-0.1, -0.05) is 0 Å². The van der Waals surface area contributed by atoms with Crippen LogP contribution in [0.3, 0.4) is 0 Å². The van der Waals surface area contributed by atoms with E-state index >= 15 is 0 Å². The van der Waals surface area contributed by atoms with Crippen LogP contribution in [0.2, 0.25) is 0 Å². The van der Waals surface area contributed by atoms with Crippen molar-refractivity contribution in [3.05, 3.63) is 44.0 Å². The van der Waals surface area contributed by atoms with Crippen LogP contribution < -0.4 is 16.4 Å². The molecule has 1 aromatic heterocycles. The van der Waals surface area contributed by atoms with Gasteiger partial charge in [0.15, 0.2) is 0 Å². The van der Waals surface area contributed by atoms with Gasteiger partial charge in [-0.3, -0.25) is 14.2 Å². The molecule has 0 bridgehead atoms. The van der Waals surface area contributed by atoms with E-state index in [2.05, 4.69) is 10.3 Å². The molecule has 0 spiro atoms. The highest BCUT2D eigenvalue weighted by Gasteiger charge is 2.21. The van der Waals surface area contributed by atoms with Crippen molar-refractivity contribution in [1.82, 2.24) is 14.9 Å². The first-order valence-electron chi connectivity index (χ1n) is 8.36. The van der Waals surface area contributed by atoms with Crippen molar-refractivity contribution in [2.45, 2.75) is 52.8 Å². The molecule has 1 heterocycles. The van der Waals surface area contributed by atoms with E-state index in [0.717, 1.165) is 11.1 Å². The standard InChI is InChI=1S/C18H25N3O5/c1-10-6-13-14(7-11(10)2)21(16(24)15(23)20-13)8-12(9-22)19-17(25)26-18(3,4)5/h6-7,12,22H,8-9H2,1-5H3,(H,19,25)(H,20,23)/t12-/m1/s1. The summed E-state index contributed by atoms with van der Waals surface area (Å²) in [6.45, 7) is 8.50. The molecule has 3 N–H and O–H groups in total. The van der Waals surface area contributed by atoms with Gasteiger partial charge < -0.3 is 20.1 Å². The Morgan fingerprint density at radius 1 is 1.27 bits per heavy atom. The lowest BCUT2D eigenvalue weighted by Crippen LogP contribution is -2.46. The van der Waals surface area contributed by atoms with Gasteiger partial charge >= 0.3 is 17.2 Å². The summed E-state index contributed by atoms with van der Waals surface area (Å²) >= 11 is 0. The van der Waals surface area contributed by atoms with E-state index in [1.54, 1.807) is 32.9 Å². The Hall–Kier alpha value is -2.61. The van der Waals surface area contributed by atoms with Gasteiger partial charge in [0.05, 0.1) is 23.7 Å². The number of benzene rings is 1. The van der Waals surface area contributed by atoms with Crippen LogP contribution in [0.4, 0.5) is 4.79 Å². The molecule has 0 saturated carbocycles. The average Bonchev–Trinajstić information content (AvgIpc) is 2.51. The minimum absolute atomic E-state index is 0.0580. The Balaban J connectivity index is 2.40. The summed E-state index contributed by atoms with van der Waals surface area (Å²) in [5.74, 6) is 0. The molecule has 1 aromatic carbocycles. The van der Waals surface area contributed by atoms with Crippen molar-refractivity contribution in [2.75, 3.05) is 6.61 Å². The number of nitrogens with zero attached hydrogens (tertiary/aromatic N) is 1. The van der Waals surface area contributed by atoms with E-state index in [-0.39, 0.29) is 6.54 Å². The number of carbonyl (C=O) groups excluding carboxylic acids is 1. The topological polar surface area (TPSA) is 113 Å². The van der Waals surface area contributed by atoms with E-state index in [0.29, 0.717) is 11.0 Å². The second kappa shape index (κ2) is 7.33. The third-order valence-electron chi connectivity index (χ3n) is 3.93. The van der Waals surface area contributed by atoms with E-state index in [1.165, 1.54) is 4.57 Å². The molecule has 26 heavy (non-hydrogen) atoms. The Labute approximate surface area is 150 Å². The molecule has 0 aliphatic heterocycles. The van der Waals surface area contributed by atoms with Gasteiger partial charge in [0.25, 0.3) is 0 Å². The predicted octanol–water partition coefficient (Wildman–Crippen LogP) is 1.19. The minimum atomic E-state index is -0.783. The Morgan fingerprint density at radius 2 is 1.88 bits per heavy atom. The Morgan fingerprint density at radius 3 is 2.46 bits per heavy atom. The molecule has 1 amide bonds. The van der Waals surface area contributed by atoms with Gasteiger partial charge in [-0.05, 0) is 57.9 Å². The number of hydrogen-bond donors (Lipinski definition) is 3. The van der Waals surface area contributed by atoms with E-state index in [9.17, 15) is 19.5 Å². The molecule has 1 atom stereocenters. The van der Waals surface area contributed by atoms with Gasteiger partial charge in [-0.2, -0.15) is 0 Å². The Kier molecular flexibility index (Phi) is 5.56. The third kappa shape index (κ3) is 4.51. The molecule has 0 aliphatic carbocycles. The molecule has 8 heteroatoms. The fraction of sp³-hybridized carbons (Fsp3) is 0.500. The van der Waals surface area contributed by atoms with Crippen LogP contribution in [-0.4, -0.2) is 39.0 Å². The number of aromatic nitrogens is 2. The van der Waals surface area contributed by atoms with E-state index < -0.39 is 35.5 Å². The van der Waals surface area contributed by atoms with Gasteiger partial charge in [0.2, 0.25) is 0 Å². The van der Waals surface area contributed by atoms with Gasteiger partial charge in [0.1, 0.15) is 5.60 Å². The Bertz CT molecular complexity index is 937. The monoisotopic (exact) mass is 363 g/mol. The van der Waals surface area contributed by atoms with E-state index in [4.69, 9.17) is 4.74 Å². The van der Waals surface area contributed by atoms with Crippen LogP contribution in [0.5, 0.6) is 0 Å². The number of amides is 1. The molecule has 142 valence electrons. The van der Waals surface area contributed by atoms with Crippen molar-refractivity contribution < 1.29 is 14.6 Å². The number of aryl methyl sites for hydroxylation is 2. The van der Waals surface area contributed by atoms with Gasteiger partial charge in [0, 0.05) is 6.54 Å². The number of alkyl carbamates (subject to hydrolysis) is 1. The maximum absolute atomic E-state index is 12.3. The van der Waals surface area contributed by atoms with Crippen LogP contribution in [0.1, 0.15) is 31.9 Å². The number of H-pyrrole nitrogens is 1. The van der Waals surface area contributed by atoms with Crippen LogP contribution in [0, 0.1) is 13.8 Å². The number of fused-ring (bicyclic) bond motifs is 1. The first kappa shape index (κ1) is 19.7. The largest absolute Gasteiger partial charge is 0.444 e. The molecule has 0 fully saturated rings. The van der Waals surface area contributed by atoms with Crippen LogP contribution in [-0.2, 0) is 11.3 Å². The zero-order chi connectivity index (χ0) is 19.6. The summed E-state index contributed by atoms with van der Waals surface area (Å²) in [5, 5.41) is 12.1. The SMILES string of the molecule is Cc1cc2[nH]c(=O)c(=O)n(C[C@H](CO)NC(=O)OC(C)(C)C)c2cc1C. The first-order chi connectivity index (χ1) is 12.0. The van der Waals surface area contributed by atoms with Gasteiger partial charge in [-0.25, -0.2) is 4.79 Å². The number of ether oxygens (including phenoxy) is 1. The van der Waals surface area contributed by atoms with Gasteiger partial charge in [-0.15, -0.1) is 0 Å². The average molecular weight is 363 g/mol. The maximum Gasteiger partial charge on any atom is 0.408 e. The van der Waals surface area contributed by atoms with Crippen molar-refractivity contribution in [2.24, 2.45) is 0 Å². The molecule has 0 unspecified atom stereocenters. The lowest BCUT2D eigenvalue weighted by Gasteiger charge is -2.23. The summed E-state index contributed by atoms with van der Waals surface area (Å²) in [6, 6.07) is 2.80. The summed E-state index contributed by atoms with van der Waals surface area (Å²) in [5.41, 5.74) is 0.794. The zero-order valence-corrected chi connectivity index (χ0v) is 15.7. The fourth-order valence-corrected chi connectivity index (χ4v) is 2.56. The third-order valence-corrected chi connectivity index (χ3v) is 3.93. The fourth-order valence-electron chi connectivity index (χ4n) is 2.56. The molecular formula is C18H25N3O5. The first-order valence-corrected chi connectivity index (χ1v) is 8.36.